The van der Waals surface area contributed by atoms with Crippen LogP contribution in [0.25, 0.3) is 11.3 Å². The van der Waals surface area contributed by atoms with E-state index in [4.69, 9.17) is 10.1 Å². The van der Waals surface area contributed by atoms with Crippen molar-refractivity contribution < 1.29 is 9.18 Å². The number of fused-ring (bicyclic) bond motifs is 5. The monoisotopic (exact) mass is 521 g/mol. The standard InChI is InChI=1S/C30H28FN7O/c1-18-15-23(33-25(31)16-18)20-13-11-19(12-14-20)17-37-27(32-21-7-4-3-5-8-21)26-28(35-37)38-24-10-6-9-22(24)34-30(38)36(2)29(26)39/h3-5,7-8,11-16,22,24,32H,6,9-10,17H2,1-2H3/t22-,24+/m1/s1. The Morgan fingerprint density at radius 2 is 1.85 bits per heavy atom. The number of pyridine rings is 1. The molecule has 3 aliphatic rings. The van der Waals surface area contributed by atoms with Gasteiger partial charge in [-0.1, -0.05) is 42.5 Å². The van der Waals surface area contributed by atoms with Crippen LogP contribution in [0.4, 0.5) is 21.7 Å². The lowest BCUT2D eigenvalue weighted by atomic mass is 10.1. The van der Waals surface area contributed by atoms with Gasteiger partial charge in [-0.25, -0.2) is 14.7 Å². The van der Waals surface area contributed by atoms with Crippen LogP contribution in [-0.2, 0) is 6.54 Å². The molecule has 7 rings (SSSR count). The average molecular weight is 522 g/mol. The second kappa shape index (κ2) is 9.04. The second-order valence-electron chi connectivity index (χ2n) is 10.5. The maximum atomic E-state index is 13.9. The van der Waals surface area contributed by atoms with Crippen molar-refractivity contribution in [2.45, 2.75) is 44.8 Å². The Labute approximate surface area is 225 Å². The summed E-state index contributed by atoms with van der Waals surface area (Å²) in [6, 6.07) is 21.4. The molecular weight excluding hydrogens is 493 g/mol. The Morgan fingerprint density at radius 3 is 2.62 bits per heavy atom. The summed E-state index contributed by atoms with van der Waals surface area (Å²) in [6.45, 7) is 2.30. The lowest BCUT2D eigenvalue weighted by Gasteiger charge is -2.34. The zero-order valence-electron chi connectivity index (χ0n) is 21.8. The van der Waals surface area contributed by atoms with Crippen molar-refractivity contribution >= 4 is 29.2 Å². The summed E-state index contributed by atoms with van der Waals surface area (Å²) in [4.78, 5) is 26.5. The molecule has 0 spiro atoms. The maximum Gasteiger partial charge on any atom is 0.267 e. The van der Waals surface area contributed by atoms with Gasteiger partial charge in [0.05, 0.1) is 24.3 Å². The Bertz CT molecular complexity index is 1590. The predicted molar refractivity (Wildman–Crippen MR) is 149 cm³/mol. The van der Waals surface area contributed by atoms with Gasteiger partial charge in [-0.2, -0.15) is 9.49 Å². The molecule has 1 amide bonds. The number of nitrogens with zero attached hydrogens (tertiary/aromatic N) is 6. The van der Waals surface area contributed by atoms with Crippen LogP contribution in [-0.4, -0.2) is 50.7 Å². The van der Waals surface area contributed by atoms with E-state index in [9.17, 15) is 9.18 Å². The molecule has 0 unspecified atom stereocenters. The number of halogens is 1. The molecule has 9 heteroatoms. The van der Waals surface area contributed by atoms with Gasteiger partial charge in [-0.3, -0.25) is 14.6 Å². The molecule has 39 heavy (non-hydrogen) atoms. The van der Waals surface area contributed by atoms with Gasteiger partial charge < -0.3 is 5.32 Å². The molecule has 0 radical (unpaired) electrons. The third-order valence-corrected chi connectivity index (χ3v) is 7.81. The number of anilines is 3. The quantitative estimate of drug-likeness (QED) is 0.358. The highest BCUT2D eigenvalue weighted by Crippen LogP contribution is 2.43. The number of aliphatic imine (C=N–C) groups is 1. The van der Waals surface area contributed by atoms with Gasteiger partial charge >= 0.3 is 0 Å². The number of rotatable bonds is 5. The van der Waals surface area contributed by atoms with E-state index in [-0.39, 0.29) is 18.0 Å². The zero-order valence-corrected chi connectivity index (χ0v) is 21.8. The minimum absolute atomic E-state index is 0.118. The molecular formula is C30H28FN7O. The van der Waals surface area contributed by atoms with Crippen LogP contribution in [0.5, 0.6) is 0 Å². The summed E-state index contributed by atoms with van der Waals surface area (Å²) in [5, 5.41) is 8.50. The molecule has 2 aromatic carbocycles. The minimum Gasteiger partial charge on any atom is -0.340 e. The number of nitrogens with one attached hydrogen (secondary N) is 1. The molecule has 8 nitrogen and oxygen atoms in total. The number of hydrogen-bond acceptors (Lipinski definition) is 6. The van der Waals surface area contributed by atoms with Crippen LogP contribution in [0.2, 0.25) is 0 Å². The van der Waals surface area contributed by atoms with Crippen molar-refractivity contribution in [3.63, 3.8) is 0 Å². The van der Waals surface area contributed by atoms with E-state index in [1.54, 1.807) is 11.9 Å². The fourth-order valence-corrected chi connectivity index (χ4v) is 5.93. The number of carbonyl (C=O) groups is 1. The van der Waals surface area contributed by atoms with Crippen LogP contribution >= 0.6 is 0 Å². The van der Waals surface area contributed by atoms with Gasteiger partial charge in [0.25, 0.3) is 5.91 Å². The van der Waals surface area contributed by atoms with Gasteiger partial charge in [-0.15, -0.1) is 0 Å². The van der Waals surface area contributed by atoms with Crippen molar-refractivity contribution in [3.05, 3.63) is 89.4 Å². The molecule has 1 fully saturated rings. The minimum atomic E-state index is -0.489. The molecule has 196 valence electrons. The lowest BCUT2D eigenvalue weighted by Crippen LogP contribution is -2.51. The van der Waals surface area contributed by atoms with Crippen LogP contribution in [0.15, 0.2) is 71.7 Å². The first-order chi connectivity index (χ1) is 19.0. The zero-order chi connectivity index (χ0) is 26.7. The van der Waals surface area contributed by atoms with Gasteiger partial charge in [-0.05, 0) is 61.6 Å². The third-order valence-electron chi connectivity index (χ3n) is 7.81. The number of amides is 1. The molecule has 4 aromatic rings. The summed E-state index contributed by atoms with van der Waals surface area (Å²) in [5.74, 6) is 1.41. The number of carbonyl (C=O) groups excluding carboxylic acids is 1. The first-order valence-corrected chi connectivity index (χ1v) is 13.3. The van der Waals surface area contributed by atoms with Crippen molar-refractivity contribution in [2.24, 2.45) is 4.99 Å². The molecule has 0 saturated heterocycles. The van der Waals surface area contributed by atoms with Crippen LogP contribution in [0.1, 0.15) is 40.7 Å². The number of benzene rings is 2. The first-order valence-electron chi connectivity index (χ1n) is 13.3. The second-order valence-corrected chi connectivity index (χ2v) is 10.5. The fraction of sp³-hybridized carbons (Fsp3) is 0.267. The lowest BCUT2D eigenvalue weighted by molar-refractivity contribution is 0.0866. The summed E-state index contributed by atoms with van der Waals surface area (Å²) in [7, 11) is 1.79. The molecule has 0 bridgehead atoms. The molecule has 2 aromatic heterocycles. The van der Waals surface area contributed by atoms with E-state index in [0.29, 0.717) is 35.4 Å². The topological polar surface area (TPSA) is 78.6 Å². The Morgan fingerprint density at radius 1 is 1.05 bits per heavy atom. The molecule has 1 N–H and O–H groups in total. The fourth-order valence-electron chi connectivity index (χ4n) is 5.93. The summed E-state index contributed by atoms with van der Waals surface area (Å²) in [5.41, 5.74) is 4.69. The van der Waals surface area contributed by atoms with Crippen molar-refractivity contribution in [3.8, 4) is 11.3 Å². The van der Waals surface area contributed by atoms with Crippen molar-refractivity contribution in [1.29, 1.82) is 0 Å². The van der Waals surface area contributed by atoms with E-state index in [2.05, 4.69) is 15.2 Å². The van der Waals surface area contributed by atoms with Gasteiger partial charge in [0, 0.05) is 18.3 Å². The molecule has 2 aliphatic heterocycles. The van der Waals surface area contributed by atoms with Crippen LogP contribution < -0.4 is 10.2 Å². The van der Waals surface area contributed by atoms with E-state index < -0.39 is 5.95 Å². The Kier molecular flexibility index (Phi) is 5.47. The molecule has 1 saturated carbocycles. The number of aromatic nitrogens is 3. The van der Waals surface area contributed by atoms with Gasteiger partial charge in [0.2, 0.25) is 11.9 Å². The first kappa shape index (κ1) is 23.6. The highest BCUT2D eigenvalue weighted by molar-refractivity contribution is 6.21. The number of guanidine groups is 1. The maximum absolute atomic E-state index is 13.9. The van der Waals surface area contributed by atoms with E-state index >= 15 is 0 Å². The van der Waals surface area contributed by atoms with Crippen LogP contribution in [0, 0.1) is 12.9 Å². The Hall–Kier alpha value is -4.53. The van der Waals surface area contributed by atoms with Gasteiger partial charge in [0.15, 0.2) is 5.82 Å². The highest BCUT2D eigenvalue weighted by Gasteiger charge is 2.49. The number of hydrogen-bond donors (Lipinski definition) is 1. The predicted octanol–water partition coefficient (Wildman–Crippen LogP) is 5.37. The molecule has 1 aliphatic carbocycles. The number of para-hydroxylation sites is 1. The van der Waals surface area contributed by atoms with Crippen molar-refractivity contribution in [2.75, 3.05) is 17.3 Å². The SMILES string of the molecule is Cc1cc(F)nc(-c2ccc(Cn3nc4c(c3Nc3ccccc3)C(=O)N(C)C3=N[C@@H]5CCC[C@@H]5N34)cc2)c1. The summed E-state index contributed by atoms with van der Waals surface area (Å²) >= 11 is 0. The smallest absolute Gasteiger partial charge is 0.267 e. The number of aryl methyl sites for hydroxylation is 1. The highest BCUT2D eigenvalue weighted by atomic mass is 19.1. The summed E-state index contributed by atoms with van der Waals surface area (Å²) in [6.07, 6.45) is 3.18. The summed E-state index contributed by atoms with van der Waals surface area (Å²) < 4.78 is 15.7. The van der Waals surface area contributed by atoms with Gasteiger partial charge in [0.1, 0.15) is 11.4 Å². The third kappa shape index (κ3) is 3.96. The largest absolute Gasteiger partial charge is 0.340 e. The van der Waals surface area contributed by atoms with E-state index in [1.165, 1.54) is 6.07 Å². The normalized spacial score (nSPS) is 19.6. The average Bonchev–Trinajstić information content (AvgIpc) is 3.62. The van der Waals surface area contributed by atoms with E-state index in [1.807, 2.05) is 72.3 Å². The van der Waals surface area contributed by atoms with Crippen molar-refractivity contribution in [1.82, 2.24) is 19.7 Å². The Balaban J connectivity index is 1.29. The molecule has 2 atom stereocenters. The van der Waals surface area contributed by atoms with E-state index in [0.717, 1.165) is 41.6 Å². The molecule has 4 heterocycles. The van der Waals surface area contributed by atoms with Crippen LogP contribution in [0.3, 0.4) is 0 Å².